The highest BCUT2D eigenvalue weighted by atomic mass is 16.7. The lowest BCUT2D eigenvalue weighted by atomic mass is 10.0. The molecule has 0 rings (SSSR count). The van der Waals surface area contributed by atoms with Gasteiger partial charge in [0, 0.05) is 12.8 Å². The van der Waals surface area contributed by atoms with Crippen molar-refractivity contribution in [3.63, 3.8) is 0 Å². The molecule has 0 aromatic rings. The molecule has 0 aliphatic carbocycles. The molecule has 2 atom stereocenters. The number of carbonyl (C=O) groups is 3. The van der Waals surface area contributed by atoms with E-state index in [0.29, 0.717) is 17.4 Å². The Hall–Kier alpha value is -1.71. The third kappa shape index (κ3) is 44.2. The van der Waals surface area contributed by atoms with Gasteiger partial charge in [-0.15, -0.1) is 0 Å². The second-order valence-electron chi connectivity index (χ2n) is 18.5. The van der Waals surface area contributed by atoms with Crippen molar-refractivity contribution in [2.24, 2.45) is 0 Å². The molecule has 0 amide bonds. The molecule has 2 unspecified atom stereocenters. The molecule has 0 aliphatic rings. The zero-order valence-electron chi connectivity index (χ0n) is 39.7. The summed E-state index contributed by atoms with van der Waals surface area (Å²) < 4.78 is 22.8. The van der Waals surface area contributed by atoms with Gasteiger partial charge in [0.25, 0.3) is 6.29 Å². The van der Waals surface area contributed by atoms with Gasteiger partial charge in [-0.25, -0.2) is 4.79 Å². The van der Waals surface area contributed by atoms with Crippen molar-refractivity contribution in [2.45, 2.75) is 257 Å². The van der Waals surface area contributed by atoms with Crippen LogP contribution in [0.5, 0.6) is 0 Å². The van der Waals surface area contributed by atoms with E-state index in [0.717, 1.165) is 38.5 Å². The van der Waals surface area contributed by atoms with Gasteiger partial charge < -0.3 is 28.5 Å². The van der Waals surface area contributed by atoms with Crippen molar-refractivity contribution in [3.8, 4) is 0 Å². The summed E-state index contributed by atoms with van der Waals surface area (Å²) in [4.78, 5) is 37.2. The molecule has 1 N–H and O–H groups in total. The number of carbonyl (C=O) groups excluding carboxylic acids is 2. The molecule has 0 radical (unpaired) electrons. The van der Waals surface area contributed by atoms with E-state index in [9.17, 15) is 19.5 Å². The van der Waals surface area contributed by atoms with E-state index in [1.165, 1.54) is 180 Å². The van der Waals surface area contributed by atoms with Crippen molar-refractivity contribution < 1.29 is 42.9 Å². The van der Waals surface area contributed by atoms with Crippen LogP contribution >= 0.6 is 0 Å². The Labute approximate surface area is 364 Å². The minimum Gasteiger partial charge on any atom is -0.477 e. The summed E-state index contributed by atoms with van der Waals surface area (Å²) in [5, 5.41) is 9.65. The predicted octanol–water partition coefficient (Wildman–Crippen LogP) is 13.7. The lowest BCUT2D eigenvalue weighted by molar-refractivity contribution is -0.870. The smallest absolute Gasteiger partial charge is 0.361 e. The number of ether oxygens (including phenoxy) is 4. The monoisotopic (exact) mass is 841 g/mol. The summed E-state index contributed by atoms with van der Waals surface area (Å²) in [6, 6.07) is 0. The fraction of sp³-hybridized carbons (Fsp3) is 0.940. The molecular formula is C50H98NO8+. The highest BCUT2D eigenvalue weighted by molar-refractivity contribution is 5.71. The number of quaternary nitrogens is 1. The fourth-order valence-corrected chi connectivity index (χ4v) is 7.43. The van der Waals surface area contributed by atoms with Crippen LogP contribution in [0.15, 0.2) is 0 Å². The normalized spacial score (nSPS) is 12.8. The Bertz CT molecular complexity index is 938. The van der Waals surface area contributed by atoms with Gasteiger partial charge in [-0.1, -0.05) is 219 Å². The van der Waals surface area contributed by atoms with Crippen molar-refractivity contribution in [1.82, 2.24) is 0 Å². The van der Waals surface area contributed by atoms with Gasteiger partial charge in [-0.05, 0) is 12.8 Å². The molecule has 59 heavy (non-hydrogen) atoms. The molecule has 0 aromatic carbocycles. The number of aliphatic carboxylic acids is 1. The zero-order chi connectivity index (χ0) is 43.5. The highest BCUT2D eigenvalue weighted by Gasteiger charge is 2.25. The van der Waals surface area contributed by atoms with E-state index >= 15 is 0 Å². The van der Waals surface area contributed by atoms with E-state index in [4.69, 9.17) is 18.9 Å². The maximum Gasteiger partial charge on any atom is 0.361 e. The Morgan fingerprint density at radius 3 is 1.08 bits per heavy atom. The molecule has 0 bridgehead atoms. The van der Waals surface area contributed by atoms with Gasteiger partial charge in [-0.2, -0.15) is 0 Å². The van der Waals surface area contributed by atoms with Crippen molar-refractivity contribution in [2.75, 3.05) is 47.5 Å². The van der Waals surface area contributed by atoms with Gasteiger partial charge in [0.05, 0.1) is 34.4 Å². The van der Waals surface area contributed by atoms with Crippen LogP contribution in [0.3, 0.4) is 0 Å². The topological polar surface area (TPSA) is 108 Å². The molecule has 0 spiro atoms. The Morgan fingerprint density at radius 2 is 0.763 bits per heavy atom. The fourth-order valence-electron chi connectivity index (χ4n) is 7.43. The molecule has 0 aromatic heterocycles. The SMILES string of the molecule is CCCCCCCCCCCCCCCCCCCCCCC(=O)OC(COC(=O)CCCCCCCCCCCCCCCC)COC(OCC[N+](C)(C)C)C(=O)O. The second-order valence-corrected chi connectivity index (χ2v) is 18.5. The van der Waals surface area contributed by atoms with Crippen molar-refractivity contribution >= 4 is 17.9 Å². The first-order valence-corrected chi connectivity index (χ1v) is 25.2. The molecule has 350 valence electrons. The standard InChI is InChI=1S/C50H97NO8/c1-6-8-10-12-14-16-18-20-22-23-24-25-26-27-29-31-33-35-37-39-41-48(53)59-46(45-58-50(49(54)55)56-43-42-51(3,4)5)44-57-47(52)40-38-36-34-32-30-28-21-19-17-15-13-11-9-7-2/h46,50H,6-45H2,1-5H3/p+1. The first-order valence-electron chi connectivity index (χ1n) is 25.2. The van der Waals surface area contributed by atoms with E-state index in [1.807, 2.05) is 21.1 Å². The number of rotatable bonds is 47. The van der Waals surface area contributed by atoms with Gasteiger partial charge in [0.2, 0.25) is 0 Å². The number of esters is 2. The quantitative estimate of drug-likeness (QED) is 0.0279. The molecule has 0 fully saturated rings. The van der Waals surface area contributed by atoms with Crippen LogP contribution in [0.25, 0.3) is 0 Å². The van der Waals surface area contributed by atoms with E-state index < -0.39 is 18.4 Å². The minimum absolute atomic E-state index is 0.173. The lowest BCUT2D eigenvalue weighted by Crippen LogP contribution is -2.40. The summed E-state index contributed by atoms with van der Waals surface area (Å²) >= 11 is 0. The first kappa shape index (κ1) is 57.3. The van der Waals surface area contributed by atoms with Gasteiger partial charge >= 0.3 is 17.9 Å². The third-order valence-electron chi connectivity index (χ3n) is 11.4. The van der Waals surface area contributed by atoms with E-state index in [-0.39, 0.29) is 38.2 Å². The number of nitrogens with zero attached hydrogens (tertiary/aromatic N) is 1. The number of carboxylic acid groups (broad SMARTS) is 1. The van der Waals surface area contributed by atoms with Gasteiger partial charge in [-0.3, -0.25) is 9.59 Å². The molecule has 0 saturated heterocycles. The molecule has 9 nitrogen and oxygen atoms in total. The number of carboxylic acids is 1. The summed E-state index contributed by atoms with van der Waals surface area (Å²) in [5.74, 6) is -1.98. The highest BCUT2D eigenvalue weighted by Crippen LogP contribution is 2.17. The number of unbranched alkanes of at least 4 members (excludes halogenated alkanes) is 32. The molecular weight excluding hydrogens is 743 g/mol. The van der Waals surface area contributed by atoms with Crippen LogP contribution in [0, 0.1) is 0 Å². The lowest BCUT2D eigenvalue weighted by Gasteiger charge is -2.25. The number of likely N-dealkylation sites (N-methyl/N-ethyl adjacent to an activating group) is 1. The van der Waals surface area contributed by atoms with Crippen LogP contribution < -0.4 is 0 Å². The van der Waals surface area contributed by atoms with Crippen LogP contribution in [0.1, 0.15) is 245 Å². The van der Waals surface area contributed by atoms with Crippen LogP contribution in [-0.4, -0.2) is 87.4 Å². The molecule has 0 saturated carbocycles. The number of hydrogen-bond acceptors (Lipinski definition) is 7. The average molecular weight is 841 g/mol. The summed E-state index contributed by atoms with van der Waals surface area (Å²) in [5.41, 5.74) is 0. The zero-order valence-corrected chi connectivity index (χ0v) is 39.7. The van der Waals surface area contributed by atoms with Crippen LogP contribution in [0.2, 0.25) is 0 Å². The van der Waals surface area contributed by atoms with Gasteiger partial charge in [0.1, 0.15) is 13.2 Å². The summed E-state index contributed by atoms with van der Waals surface area (Å²) in [7, 11) is 5.97. The maximum absolute atomic E-state index is 12.8. The summed E-state index contributed by atoms with van der Waals surface area (Å²) in [6.07, 6.45) is 41.6. The van der Waals surface area contributed by atoms with Crippen LogP contribution in [0.4, 0.5) is 0 Å². The predicted molar refractivity (Wildman–Crippen MR) is 245 cm³/mol. The number of hydrogen-bond donors (Lipinski definition) is 1. The third-order valence-corrected chi connectivity index (χ3v) is 11.4. The van der Waals surface area contributed by atoms with Crippen molar-refractivity contribution in [3.05, 3.63) is 0 Å². The Kier molecular flexibility index (Phi) is 41.7. The van der Waals surface area contributed by atoms with E-state index in [1.54, 1.807) is 0 Å². The Morgan fingerprint density at radius 1 is 0.441 bits per heavy atom. The second kappa shape index (κ2) is 43.0. The van der Waals surface area contributed by atoms with Crippen molar-refractivity contribution in [1.29, 1.82) is 0 Å². The van der Waals surface area contributed by atoms with E-state index in [2.05, 4.69) is 13.8 Å². The molecule has 0 heterocycles. The molecule has 9 heteroatoms. The average Bonchev–Trinajstić information content (AvgIpc) is 3.19. The van der Waals surface area contributed by atoms with Crippen LogP contribution in [-0.2, 0) is 33.3 Å². The molecule has 0 aliphatic heterocycles. The van der Waals surface area contributed by atoms with Gasteiger partial charge in [0.15, 0.2) is 6.10 Å². The summed E-state index contributed by atoms with van der Waals surface area (Å²) in [6.45, 7) is 4.92. The first-order chi connectivity index (χ1) is 28.6. The Balaban J connectivity index is 4.29. The minimum atomic E-state index is -1.50. The maximum atomic E-state index is 12.8. The largest absolute Gasteiger partial charge is 0.477 e.